The van der Waals surface area contributed by atoms with Gasteiger partial charge in [0.1, 0.15) is 12.2 Å². The summed E-state index contributed by atoms with van der Waals surface area (Å²) in [6, 6.07) is 5.45. The minimum atomic E-state index is -0.0373. The standard InChI is InChI=1S/C18H26Cl2N6O.HI/c1-4-17-25-23-12-26(17)9-7-21-18(22-8-10-27-3)24-13(2)15-6-5-14(19)11-16(15)20;/h5-6,11-13H,4,7-10H2,1-3H3,(H2,21,22,24);1H. The molecule has 1 heterocycles. The number of aliphatic imine (C=N–C) groups is 1. The fourth-order valence-corrected chi connectivity index (χ4v) is 3.14. The van der Waals surface area contributed by atoms with Crippen LogP contribution in [0.5, 0.6) is 0 Å². The van der Waals surface area contributed by atoms with Gasteiger partial charge in [0.05, 0.1) is 19.2 Å². The van der Waals surface area contributed by atoms with Crippen LogP contribution >= 0.6 is 47.2 Å². The van der Waals surface area contributed by atoms with Crippen molar-refractivity contribution in [2.75, 3.05) is 26.8 Å². The number of aromatic nitrogens is 3. The summed E-state index contributed by atoms with van der Waals surface area (Å²) in [4.78, 5) is 4.55. The summed E-state index contributed by atoms with van der Waals surface area (Å²) >= 11 is 12.3. The van der Waals surface area contributed by atoms with E-state index in [1.54, 1.807) is 19.5 Å². The Morgan fingerprint density at radius 1 is 1.36 bits per heavy atom. The van der Waals surface area contributed by atoms with Crippen molar-refractivity contribution in [2.45, 2.75) is 32.9 Å². The normalized spacial score (nSPS) is 12.4. The van der Waals surface area contributed by atoms with Crippen LogP contribution in [0.25, 0.3) is 0 Å². The molecule has 7 nitrogen and oxygen atoms in total. The highest BCUT2D eigenvalue weighted by Crippen LogP contribution is 2.25. The average molecular weight is 541 g/mol. The number of ether oxygens (including phenoxy) is 1. The quantitative estimate of drug-likeness (QED) is 0.219. The van der Waals surface area contributed by atoms with Crippen LogP contribution in [0.2, 0.25) is 10.0 Å². The van der Waals surface area contributed by atoms with Gasteiger partial charge < -0.3 is 19.9 Å². The molecular weight excluding hydrogens is 514 g/mol. The molecule has 156 valence electrons. The second-order valence-electron chi connectivity index (χ2n) is 5.98. The SMILES string of the molecule is CCc1nncn1CCNC(=NCCOC)NC(C)c1ccc(Cl)cc1Cl.I. The lowest BCUT2D eigenvalue weighted by Crippen LogP contribution is -2.40. The van der Waals surface area contributed by atoms with Gasteiger partial charge in [-0.15, -0.1) is 34.2 Å². The molecule has 1 unspecified atom stereocenters. The molecular formula is C18H27Cl2IN6O. The molecule has 0 radical (unpaired) electrons. The van der Waals surface area contributed by atoms with Crippen LogP contribution in [-0.4, -0.2) is 47.5 Å². The topological polar surface area (TPSA) is 76.4 Å². The van der Waals surface area contributed by atoms with Crippen LogP contribution < -0.4 is 10.6 Å². The number of methoxy groups -OCH3 is 1. The Labute approximate surface area is 193 Å². The summed E-state index contributed by atoms with van der Waals surface area (Å²) in [5, 5.41) is 16.0. The molecule has 1 aromatic carbocycles. The third-order valence-electron chi connectivity index (χ3n) is 4.00. The van der Waals surface area contributed by atoms with E-state index in [4.69, 9.17) is 27.9 Å². The second kappa shape index (κ2) is 13.2. The summed E-state index contributed by atoms with van der Waals surface area (Å²) in [6.45, 7) is 6.62. The third-order valence-corrected chi connectivity index (χ3v) is 4.57. The van der Waals surface area contributed by atoms with Gasteiger partial charge in [-0.3, -0.25) is 4.99 Å². The Bertz CT molecular complexity index is 755. The highest BCUT2D eigenvalue weighted by molar-refractivity contribution is 14.0. The van der Waals surface area contributed by atoms with Crippen LogP contribution in [-0.2, 0) is 17.7 Å². The van der Waals surface area contributed by atoms with Crippen LogP contribution in [0, 0.1) is 0 Å². The maximum absolute atomic E-state index is 6.32. The molecule has 0 saturated heterocycles. The number of hydrogen-bond acceptors (Lipinski definition) is 4. The Balaban J connectivity index is 0.00000392. The van der Waals surface area contributed by atoms with Gasteiger partial charge in [-0.1, -0.05) is 36.2 Å². The molecule has 1 aromatic heterocycles. The largest absolute Gasteiger partial charge is 0.383 e. The average Bonchev–Trinajstić information content (AvgIpc) is 3.09. The maximum atomic E-state index is 6.32. The molecule has 2 N–H and O–H groups in total. The number of guanidine groups is 1. The zero-order chi connectivity index (χ0) is 19.6. The van der Waals surface area contributed by atoms with Gasteiger partial charge in [-0.2, -0.15) is 0 Å². The van der Waals surface area contributed by atoms with Crippen molar-refractivity contribution in [1.29, 1.82) is 0 Å². The lowest BCUT2D eigenvalue weighted by atomic mass is 10.1. The Hall–Kier alpha value is -1.10. The van der Waals surface area contributed by atoms with Crippen molar-refractivity contribution in [1.82, 2.24) is 25.4 Å². The zero-order valence-corrected chi connectivity index (χ0v) is 20.1. The molecule has 0 amide bonds. The summed E-state index contributed by atoms with van der Waals surface area (Å²) in [5.41, 5.74) is 0.953. The van der Waals surface area contributed by atoms with Gasteiger partial charge in [0.25, 0.3) is 0 Å². The molecule has 28 heavy (non-hydrogen) atoms. The number of benzene rings is 1. The predicted molar refractivity (Wildman–Crippen MR) is 125 cm³/mol. The van der Waals surface area contributed by atoms with E-state index in [-0.39, 0.29) is 30.0 Å². The number of hydrogen-bond donors (Lipinski definition) is 2. The number of rotatable bonds is 9. The van der Waals surface area contributed by atoms with Crippen molar-refractivity contribution >= 4 is 53.1 Å². The predicted octanol–water partition coefficient (Wildman–Crippen LogP) is 3.71. The summed E-state index contributed by atoms with van der Waals surface area (Å²) in [5.74, 6) is 1.65. The first-order valence-corrected chi connectivity index (χ1v) is 9.66. The first-order chi connectivity index (χ1) is 13.0. The van der Waals surface area contributed by atoms with E-state index in [1.165, 1.54) is 0 Å². The molecule has 0 saturated carbocycles. The van der Waals surface area contributed by atoms with Crippen molar-refractivity contribution < 1.29 is 4.74 Å². The fraction of sp³-hybridized carbons (Fsp3) is 0.500. The molecule has 10 heteroatoms. The van der Waals surface area contributed by atoms with Gasteiger partial charge >= 0.3 is 0 Å². The van der Waals surface area contributed by atoms with Crippen LogP contribution in [0.1, 0.15) is 31.3 Å². The van der Waals surface area contributed by atoms with E-state index < -0.39 is 0 Å². The summed E-state index contributed by atoms with van der Waals surface area (Å²) in [7, 11) is 1.66. The van der Waals surface area contributed by atoms with Crippen molar-refractivity contribution in [3.05, 3.63) is 46.0 Å². The van der Waals surface area contributed by atoms with Crippen molar-refractivity contribution in [3.63, 3.8) is 0 Å². The monoisotopic (exact) mass is 540 g/mol. The highest BCUT2D eigenvalue weighted by Gasteiger charge is 2.12. The van der Waals surface area contributed by atoms with Crippen LogP contribution in [0.4, 0.5) is 0 Å². The molecule has 0 aliphatic carbocycles. The second-order valence-corrected chi connectivity index (χ2v) is 6.82. The van der Waals surface area contributed by atoms with Crippen LogP contribution in [0.3, 0.4) is 0 Å². The van der Waals surface area contributed by atoms with Crippen molar-refractivity contribution in [3.8, 4) is 0 Å². The van der Waals surface area contributed by atoms with E-state index in [2.05, 4.69) is 32.7 Å². The maximum Gasteiger partial charge on any atom is 0.191 e. The van der Waals surface area contributed by atoms with Gasteiger partial charge in [0.2, 0.25) is 0 Å². The molecule has 1 atom stereocenters. The van der Waals surface area contributed by atoms with Gasteiger partial charge in [0.15, 0.2) is 5.96 Å². The number of halogens is 3. The minimum absolute atomic E-state index is 0. The van der Waals surface area contributed by atoms with E-state index in [1.807, 2.05) is 23.6 Å². The smallest absolute Gasteiger partial charge is 0.191 e. The number of nitrogens with zero attached hydrogens (tertiary/aromatic N) is 4. The van der Waals surface area contributed by atoms with Crippen molar-refractivity contribution in [2.24, 2.45) is 4.99 Å². The fourth-order valence-electron chi connectivity index (χ4n) is 2.57. The molecule has 0 aliphatic heterocycles. The van der Waals surface area contributed by atoms with E-state index >= 15 is 0 Å². The summed E-state index contributed by atoms with van der Waals surface area (Å²) in [6.07, 6.45) is 2.59. The number of nitrogens with one attached hydrogen (secondary N) is 2. The molecule has 0 bridgehead atoms. The van der Waals surface area contributed by atoms with E-state index in [0.717, 1.165) is 24.4 Å². The molecule has 0 spiro atoms. The van der Waals surface area contributed by atoms with E-state index in [0.29, 0.717) is 35.7 Å². The van der Waals surface area contributed by atoms with Crippen LogP contribution in [0.15, 0.2) is 29.5 Å². The summed E-state index contributed by atoms with van der Waals surface area (Å²) < 4.78 is 7.12. The third kappa shape index (κ3) is 7.73. The molecule has 2 aromatic rings. The lowest BCUT2D eigenvalue weighted by Gasteiger charge is -2.20. The highest BCUT2D eigenvalue weighted by atomic mass is 127. The molecule has 0 aliphatic rings. The Morgan fingerprint density at radius 2 is 2.14 bits per heavy atom. The lowest BCUT2D eigenvalue weighted by molar-refractivity contribution is 0.208. The van der Waals surface area contributed by atoms with Gasteiger partial charge in [-0.25, -0.2) is 0 Å². The molecule has 2 rings (SSSR count). The Kier molecular flexibility index (Phi) is 11.7. The zero-order valence-electron chi connectivity index (χ0n) is 16.3. The first kappa shape index (κ1) is 24.9. The minimum Gasteiger partial charge on any atom is -0.383 e. The first-order valence-electron chi connectivity index (χ1n) is 8.90. The van der Waals surface area contributed by atoms with E-state index in [9.17, 15) is 0 Å². The molecule has 0 fully saturated rings. The Morgan fingerprint density at radius 3 is 2.82 bits per heavy atom. The van der Waals surface area contributed by atoms with Gasteiger partial charge in [0, 0.05) is 36.7 Å². The van der Waals surface area contributed by atoms with Gasteiger partial charge in [-0.05, 0) is 24.6 Å². The number of aryl methyl sites for hydroxylation is 1.